The number of hydrogen-bond acceptors (Lipinski definition) is 6. The second kappa shape index (κ2) is 7.50. The van der Waals surface area contributed by atoms with Gasteiger partial charge in [-0.05, 0) is 29.8 Å². The third-order valence-corrected chi connectivity index (χ3v) is 4.66. The molecular weight excluding hydrogens is 360 g/mol. The van der Waals surface area contributed by atoms with Gasteiger partial charge in [-0.3, -0.25) is 14.9 Å². The maximum absolute atomic E-state index is 11.5. The van der Waals surface area contributed by atoms with Crippen molar-refractivity contribution in [2.45, 2.75) is 11.4 Å². The van der Waals surface area contributed by atoms with Crippen LogP contribution in [0.25, 0.3) is 0 Å². The second-order valence-corrected chi connectivity index (χ2v) is 7.15. The minimum Gasteiger partial charge on any atom is -0.365 e. The first-order valence-corrected chi connectivity index (χ1v) is 9.01. The molecule has 0 spiro atoms. The zero-order valence-electron chi connectivity index (χ0n) is 14.2. The molecule has 3 N–H and O–H groups in total. The molecule has 0 fully saturated rings. The predicted octanol–water partition coefficient (Wildman–Crippen LogP) is 1.24. The number of benzene rings is 2. The number of carbonyl (C=O) groups excluding carboxylic acids is 1. The number of primary sulfonamides is 1. The van der Waals surface area contributed by atoms with E-state index in [1.807, 2.05) is 0 Å². The molecule has 0 aliphatic rings. The SMILES string of the molecule is CNC(=O)c1ccc(CN(C)c2ccc(S(N)(=O)=O)cc2[N+](=O)[O-])cc1. The summed E-state index contributed by atoms with van der Waals surface area (Å²) in [5.41, 5.74) is 1.21. The van der Waals surface area contributed by atoms with Crippen LogP contribution < -0.4 is 15.4 Å². The molecule has 0 atom stereocenters. The van der Waals surface area contributed by atoms with Gasteiger partial charge in [0.15, 0.2) is 0 Å². The summed E-state index contributed by atoms with van der Waals surface area (Å²) in [5, 5.41) is 18.9. The summed E-state index contributed by atoms with van der Waals surface area (Å²) in [6, 6.07) is 10.3. The lowest BCUT2D eigenvalue weighted by Gasteiger charge is -2.19. The van der Waals surface area contributed by atoms with Crippen molar-refractivity contribution in [3.63, 3.8) is 0 Å². The fraction of sp³-hybridized carbons (Fsp3) is 0.188. The Balaban J connectivity index is 2.30. The Morgan fingerprint density at radius 3 is 2.35 bits per heavy atom. The van der Waals surface area contributed by atoms with Gasteiger partial charge in [0.1, 0.15) is 5.69 Å². The van der Waals surface area contributed by atoms with Crippen molar-refractivity contribution >= 4 is 27.3 Å². The van der Waals surface area contributed by atoms with Crippen LogP contribution in [0.2, 0.25) is 0 Å². The Bertz CT molecular complexity index is 942. The van der Waals surface area contributed by atoms with Crippen LogP contribution in [0.3, 0.4) is 0 Å². The number of nitro groups is 1. The van der Waals surface area contributed by atoms with E-state index in [4.69, 9.17) is 5.14 Å². The third-order valence-electron chi connectivity index (χ3n) is 3.75. The van der Waals surface area contributed by atoms with E-state index in [1.165, 1.54) is 19.2 Å². The van der Waals surface area contributed by atoms with Crippen molar-refractivity contribution in [2.24, 2.45) is 5.14 Å². The van der Waals surface area contributed by atoms with E-state index >= 15 is 0 Å². The Morgan fingerprint density at radius 1 is 1.23 bits per heavy atom. The van der Waals surface area contributed by atoms with Crippen molar-refractivity contribution in [3.05, 3.63) is 63.7 Å². The van der Waals surface area contributed by atoms with Crippen molar-refractivity contribution < 1.29 is 18.1 Å². The van der Waals surface area contributed by atoms with Gasteiger partial charge in [0.2, 0.25) is 10.0 Å². The number of nitro benzene ring substituents is 1. The van der Waals surface area contributed by atoms with Gasteiger partial charge in [0, 0.05) is 32.3 Å². The lowest BCUT2D eigenvalue weighted by Crippen LogP contribution is -2.20. The van der Waals surface area contributed by atoms with Gasteiger partial charge in [0.05, 0.1) is 9.82 Å². The molecule has 1 amide bonds. The molecule has 2 aromatic rings. The zero-order chi connectivity index (χ0) is 19.5. The van der Waals surface area contributed by atoms with Crippen molar-refractivity contribution in [1.82, 2.24) is 5.32 Å². The number of carbonyl (C=O) groups is 1. The van der Waals surface area contributed by atoms with E-state index in [2.05, 4.69) is 5.32 Å². The summed E-state index contributed by atoms with van der Waals surface area (Å²) in [6.07, 6.45) is 0. The number of hydrogen-bond donors (Lipinski definition) is 2. The molecule has 0 aliphatic heterocycles. The second-order valence-electron chi connectivity index (χ2n) is 5.58. The van der Waals surface area contributed by atoms with Crippen LogP contribution in [0.15, 0.2) is 47.4 Å². The molecule has 9 nitrogen and oxygen atoms in total. The number of nitrogens with one attached hydrogen (secondary N) is 1. The van der Waals surface area contributed by atoms with Gasteiger partial charge in [-0.15, -0.1) is 0 Å². The number of nitrogens with two attached hydrogens (primary N) is 1. The van der Waals surface area contributed by atoms with Crippen LogP contribution >= 0.6 is 0 Å². The lowest BCUT2D eigenvalue weighted by molar-refractivity contribution is -0.384. The van der Waals surface area contributed by atoms with Crippen LogP contribution in [0, 0.1) is 10.1 Å². The Labute approximate surface area is 150 Å². The molecule has 10 heteroatoms. The molecule has 0 radical (unpaired) electrons. The van der Waals surface area contributed by atoms with Gasteiger partial charge in [0.25, 0.3) is 11.6 Å². The molecule has 0 aliphatic carbocycles. The standard InChI is InChI=1S/C16H18N4O5S/c1-18-16(21)12-5-3-11(4-6-12)10-19(2)14-8-7-13(26(17,24)25)9-15(14)20(22)23/h3-9H,10H2,1-2H3,(H,18,21)(H2,17,24,25). The van der Waals surface area contributed by atoms with Crippen molar-refractivity contribution in [2.75, 3.05) is 19.0 Å². The lowest BCUT2D eigenvalue weighted by atomic mass is 10.1. The van der Waals surface area contributed by atoms with Crippen LogP contribution in [-0.4, -0.2) is 33.3 Å². The molecule has 26 heavy (non-hydrogen) atoms. The summed E-state index contributed by atoms with van der Waals surface area (Å²) in [7, 11) is -0.856. The number of anilines is 1. The molecule has 2 rings (SSSR count). The summed E-state index contributed by atoms with van der Waals surface area (Å²) < 4.78 is 22.8. The van der Waals surface area contributed by atoms with E-state index < -0.39 is 14.9 Å². The first kappa shape index (κ1) is 19.3. The largest absolute Gasteiger partial charge is 0.365 e. The van der Waals surface area contributed by atoms with Crippen LogP contribution in [0.1, 0.15) is 15.9 Å². The van der Waals surface area contributed by atoms with E-state index in [9.17, 15) is 23.3 Å². The topological polar surface area (TPSA) is 136 Å². The minimum atomic E-state index is -4.04. The van der Waals surface area contributed by atoms with Crippen molar-refractivity contribution in [1.29, 1.82) is 0 Å². The summed E-state index contributed by atoms with van der Waals surface area (Å²) in [5.74, 6) is -0.209. The zero-order valence-corrected chi connectivity index (χ0v) is 15.0. The first-order chi connectivity index (χ1) is 12.1. The summed E-state index contributed by atoms with van der Waals surface area (Å²) in [4.78, 5) is 23.5. The van der Waals surface area contributed by atoms with E-state index in [0.717, 1.165) is 11.6 Å². The monoisotopic (exact) mass is 378 g/mol. The minimum absolute atomic E-state index is 0.209. The fourth-order valence-electron chi connectivity index (χ4n) is 2.41. The normalized spacial score (nSPS) is 11.0. The molecule has 138 valence electrons. The molecule has 0 saturated carbocycles. The van der Waals surface area contributed by atoms with E-state index in [0.29, 0.717) is 12.1 Å². The predicted molar refractivity (Wildman–Crippen MR) is 96.4 cm³/mol. The Hall–Kier alpha value is -2.98. The van der Waals surface area contributed by atoms with Crippen molar-refractivity contribution in [3.8, 4) is 0 Å². The maximum Gasteiger partial charge on any atom is 0.293 e. The highest BCUT2D eigenvalue weighted by Crippen LogP contribution is 2.30. The average molecular weight is 378 g/mol. The number of amides is 1. The van der Waals surface area contributed by atoms with E-state index in [-0.39, 0.29) is 22.2 Å². The number of nitrogens with zero attached hydrogens (tertiary/aromatic N) is 2. The molecule has 0 bridgehead atoms. The van der Waals surface area contributed by atoms with Gasteiger partial charge < -0.3 is 10.2 Å². The molecule has 0 unspecified atom stereocenters. The van der Waals surface area contributed by atoms with Gasteiger partial charge in [-0.2, -0.15) is 0 Å². The molecule has 0 aromatic heterocycles. The average Bonchev–Trinajstić information content (AvgIpc) is 2.60. The number of sulfonamides is 1. The van der Waals surface area contributed by atoms with Crippen LogP contribution in [0.4, 0.5) is 11.4 Å². The van der Waals surface area contributed by atoms with Crippen LogP contribution in [0.5, 0.6) is 0 Å². The molecule has 0 heterocycles. The first-order valence-electron chi connectivity index (χ1n) is 7.47. The smallest absolute Gasteiger partial charge is 0.293 e. The highest BCUT2D eigenvalue weighted by atomic mass is 32.2. The Kier molecular flexibility index (Phi) is 5.58. The maximum atomic E-state index is 11.5. The highest BCUT2D eigenvalue weighted by molar-refractivity contribution is 7.89. The fourth-order valence-corrected chi connectivity index (χ4v) is 2.95. The van der Waals surface area contributed by atoms with Crippen LogP contribution in [-0.2, 0) is 16.6 Å². The van der Waals surface area contributed by atoms with Gasteiger partial charge >= 0.3 is 0 Å². The van der Waals surface area contributed by atoms with Gasteiger partial charge in [-0.1, -0.05) is 12.1 Å². The summed E-state index contributed by atoms with van der Waals surface area (Å²) in [6.45, 7) is 0.323. The molecular formula is C16H18N4O5S. The van der Waals surface area contributed by atoms with E-state index in [1.54, 1.807) is 36.2 Å². The summed E-state index contributed by atoms with van der Waals surface area (Å²) >= 11 is 0. The quantitative estimate of drug-likeness (QED) is 0.573. The third kappa shape index (κ3) is 4.35. The number of rotatable bonds is 6. The molecule has 0 saturated heterocycles. The highest BCUT2D eigenvalue weighted by Gasteiger charge is 2.21. The molecule has 2 aromatic carbocycles. The Morgan fingerprint density at radius 2 is 1.85 bits per heavy atom. The van der Waals surface area contributed by atoms with Gasteiger partial charge in [-0.25, -0.2) is 13.6 Å².